The molecule has 0 atom stereocenters. The van der Waals surface area contributed by atoms with Gasteiger partial charge in [-0.3, -0.25) is 9.78 Å². The molecule has 0 aliphatic heterocycles. The minimum absolute atomic E-state index is 0.0148. The number of carbonyl (C=O) groups excluding carboxylic acids is 1. The zero-order valence-electron chi connectivity index (χ0n) is 15.8. The average Bonchev–Trinajstić information content (AvgIpc) is 2.80. The number of nitrogens with zero attached hydrogens (tertiary/aromatic N) is 4. The standard InChI is InChI=1S/C23H17N5O2/c29-22-9-8-19(26-27-21-7-3-5-16-4-1-2-6-20(16)21)14-18(22)15-25-28-23(30)17-10-12-24-13-11-17/h1-15,29H,(H,28,30)/b25-15+,27-26?. The Kier molecular flexibility index (Phi) is 5.52. The maximum atomic E-state index is 12.0. The van der Waals surface area contributed by atoms with Crippen molar-refractivity contribution in [3.05, 3.63) is 96.3 Å². The van der Waals surface area contributed by atoms with Gasteiger partial charge >= 0.3 is 0 Å². The van der Waals surface area contributed by atoms with E-state index in [2.05, 4.69) is 25.7 Å². The summed E-state index contributed by atoms with van der Waals surface area (Å²) in [6.45, 7) is 0. The van der Waals surface area contributed by atoms with Crippen LogP contribution in [0.15, 0.2) is 101 Å². The summed E-state index contributed by atoms with van der Waals surface area (Å²) >= 11 is 0. The van der Waals surface area contributed by atoms with E-state index in [0.717, 1.165) is 16.5 Å². The van der Waals surface area contributed by atoms with Crippen LogP contribution in [0.1, 0.15) is 15.9 Å². The van der Waals surface area contributed by atoms with Gasteiger partial charge in [0, 0.05) is 28.9 Å². The number of nitrogens with one attached hydrogen (secondary N) is 1. The first-order chi connectivity index (χ1) is 14.7. The van der Waals surface area contributed by atoms with Crippen molar-refractivity contribution in [2.45, 2.75) is 0 Å². The molecule has 3 aromatic carbocycles. The number of hydrazone groups is 1. The summed E-state index contributed by atoms with van der Waals surface area (Å²) in [4.78, 5) is 15.9. The van der Waals surface area contributed by atoms with E-state index in [-0.39, 0.29) is 11.7 Å². The van der Waals surface area contributed by atoms with E-state index in [1.807, 2.05) is 42.5 Å². The lowest BCUT2D eigenvalue weighted by molar-refractivity contribution is 0.0955. The topological polar surface area (TPSA) is 99.3 Å². The van der Waals surface area contributed by atoms with Gasteiger partial charge in [-0.25, -0.2) is 5.43 Å². The molecule has 0 aliphatic carbocycles. The number of benzene rings is 3. The van der Waals surface area contributed by atoms with Gasteiger partial charge in [0.05, 0.1) is 17.6 Å². The summed E-state index contributed by atoms with van der Waals surface area (Å²) in [6, 6.07) is 21.7. The minimum atomic E-state index is -0.375. The molecule has 0 saturated carbocycles. The summed E-state index contributed by atoms with van der Waals surface area (Å²) in [5.41, 5.74) is 4.54. The molecule has 0 bridgehead atoms. The molecule has 7 nitrogen and oxygen atoms in total. The normalized spacial score (nSPS) is 11.3. The van der Waals surface area contributed by atoms with Crippen molar-refractivity contribution in [3.8, 4) is 5.75 Å². The lowest BCUT2D eigenvalue weighted by atomic mass is 10.1. The number of carbonyl (C=O) groups is 1. The van der Waals surface area contributed by atoms with E-state index in [4.69, 9.17) is 0 Å². The Morgan fingerprint density at radius 1 is 0.933 bits per heavy atom. The number of hydrogen-bond acceptors (Lipinski definition) is 6. The van der Waals surface area contributed by atoms with Gasteiger partial charge in [-0.1, -0.05) is 36.4 Å². The molecule has 146 valence electrons. The van der Waals surface area contributed by atoms with Crippen molar-refractivity contribution in [1.29, 1.82) is 0 Å². The number of aromatic hydroxyl groups is 1. The molecule has 1 aromatic heterocycles. The summed E-state index contributed by atoms with van der Waals surface area (Å²) in [5.74, 6) is -0.360. The average molecular weight is 395 g/mol. The monoisotopic (exact) mass is 395 g/mol. The second kappa shape index (κ2) is 8.74. The number of rotatable bonds is 5. The Morgan fingerprint density at radius 3 is 2.60 bits per heavy atom. The van der Waals surface area contributed by atoms with Gasteiger partial charge in [-0.05, 0) is 41.8 Å². The van der Waals surface area contributed by atoms with Gasteiger partial charge < -0.3 is 5.11 Å². The van der Waals surface area contributed by atoms with Crippen LogP contribution in [0.2, 0.25) is 0 Å². The molecule has 0 aliphatic rings. The van der Waals surface area contributed by atoms with Gasteiger partial charge in [0.15, 0.2) is 0 Å². The minimum Gasteiger partial charge on any atom is -0.507 e. The van der Waals surface area contributed by atoms with Crippen LogP contribution < -0.4 is 5.43 Å². The Labute approximate surface area is 172 Å². The number of phenols is 1. The van der Waals surface area contributed by atoms with Gasteiger partial charge in [0.2, 0.25) is 0 Å². The second-order valence-electron chi connectivity index (χ2n) is 6.38. The van der Waals surface area contributed by atoms with Crippen LogP contribution in [0.3, 0.4) is 0 Å². The molecule has 0 fully saturated rings. The lowest BCUT2D eigenvalue weighted by Crippen LogP contribution is -2.17. The maximum absolute atomic E-state index is 12.0. The van der Waals surface area contributed by atoms with Crippen LogP contribution in [0, 0.1) is 0 Å². The van der Waals surface area contributed by atoms with Crippen molar-refractivity contribution in [1.82, 2.24) is 10.4 Å². The fourth-order valence-corrected chi connectivity index (χ4v) is 2.84. The van der Waals surface area contributed by atoms with E-state index in [1.54, 1.807) is 24.3 Å². The van der Waals surface area contributed by atoms with Crippen LogP contribution in [-0.2, 0) is 0 Å². The molecule has 0 radical (unpaired) electrons. The van der Waals surface area contributed by atoms with Gasteiger partial charge in [-0.15, -0.1) is 5.11 Å². The second-order valence-corrected chi connectivity index (χ2v) is 6.38. The molecule has 1 heterocycles. The van der Waals surface area contributed by atoms with Crippen molar-refractivity contribution in [3.63, 3.8) is 0 Å². The van der Waals surface area contributed by atoms with Gasteiger partial charge in [0.25, 0.3) is 5.91 Å². The van der Waals surface area contributed by atoms with Crippen LogP contribution in [-0.4, -0.2) is 22.2 Å². The molecule has 4 aromatic rings. The third-order valence-corrected chi connectivity index (χ3v) is 4.36. The third-order valence-electron chi connectivity index (χ3n) is 4.36. The molecular weight excluding hydrogens is 378 g/mol. The fourth-order valence-electron chi connectivity index (χ4n) is 2.84. The summed E-state index contributed by atoms with van der Waals surface area (Å²) in [6.07, 6.45) is 4.40. The first-order valence-electron chi connectivity index (χ1n) is 9.17. The lowest BCUT2D eigenvalue weighted by Gasteiger charge is -2.02. The van der Waals surface area contributed by atoms with Crippen molar-refractivity contribution >= 4 is 34.3 Å². The molecule has 0 saturated heterocycles. The van der Waals surface area contributed by atoms with Crippen LogP contribution in [0.5, 0.6) is 5.75 Å². The van der Waals surface area contributed by atoms with Crippen LogP contribution in [0.25, 0.3) is 10.8 Å². The number of phenolic OH excluding ortho intramolecular Hbond substituents is 1. The molecular formula is C23H17N5O2. The zero-order valence-corrected chi connectivity index (χ0v) is 15.8. The number of amides is 1. The van der Waals surface area contributed by atoms with Crippen molar-refractivity contribution in [2.24, 2.45) is 15.3 Å². The highest BCUT2D eigenvalue weighted by Gasteiger charge is 2.04. The number of aromatic nitrogens is 1. The number of hydrogen-bond donors (Lipinski definition) is 2. The van der Waals surface area contributed by atoms with E-state index in [1.165, 1.54) is 24.7 Å². The molecule has 0 spiro atoms. The number of fused-ring (bicyclic) bond motifs is 1. The van der Waals surface area contributed by atoms with E-state index in [0.29, 0.717) is 16.8 Å². The SMILES string of the molecule is O=C(N/N=C/c1cc(N=Nc2cccc3ccccc23)ccc1O)c1ccncc1. The number of azo groups is 1. The number of pyridine rings is 1. The summed E-state index contributed by atoms with van der Waals surface area (Å²) in [7, 11) is 0. The predicted octanol–water partition coefficient (Wildman–Crippen LogP) is 5.12. The maximum Gasteiger partial charge on any atom is 0.271 e. The zero-order chi connectivity index (χ0) is 20.8. The van der Waals surface area contributed by atoms with E-state index < -0.39 is 0 Å². The first kappa shape index (κ1) is 18.9. The fraction of sp³-hybridized carbons (Fsp3) is 0. The summed E-state index contributed by atoms with van der Waals surface area (Å²) in [5, 5.41) is 24.7. The molecule has 2 N–H and O–H groups in total. The molecule has 30 heavy (non-hydrogen) atoms. The van der Waals surface area contributed by atoms with Crippen molar-refractivity contribution in [2.75, 3.05) is 0 Å². The van der Waals surface area contributed by atoms with E-state index in [9.17, 15) is 9.90 Å². The highest BCUT2D eigenvalue weighted by Crippen LogP contribution is 2.28. The Hall–Kier alpha value is -4.39. The molecule has 0 unspecified atom stereocenters. The van der Waals surface area contributed by atoms with Crippen LogP contribution >= 0.6 is 0 Å². The Morgan fingerprint density at radius 2 is 1.73 bits per heavy atom. The smallest absolute Gasteiger partial charge is 0.271 e. The Balaban J connectivity index is 1.51. The highest BCUT2D eigenvalue weighted by atomic mass is 16.3. The third kappa shape index (κ3) is 4.36. The largest absolute Gasteiger partial charge is 0.507 e. The molecule has 4 rings (SSSR count). The Bertz CT molecular complexity index is 1250. The first-order valence-corrected chi connectivity index (χ1v) is 9.17. The van der Waals surface area contributed by atoms with E-state index >= 15 is 0 Å². The molecule has 1 amide bonds. The summed E-state index contributed by atoms with van der Waals surface area (Å²) < 4.78 is 0. The molecule has 7 heteroatoms. The van der Waals surface area contributed by atoms with Crippen LogP contribution in [0.4, 0.5) is 11.4 Å². The van der Waals surface area contributed by atoms with Gasteiger partial charge in [-0.2, -0.15) is 10.2 Å². The van der Waals surface area contributed by atoms with Crippen molar-refractivity contribution < 1.29 is 9.90 Å². The highest BCUT2D eigenvalue weighted by molar-refractivity contribution is 5.95. The predicted molar refractivity (Wildman–Crippen MR) is 116 cm³/mol. The van der Waals surface area contributed by atoms with Gasteiger partial charge in [0.1, 0.15) is 5.75 Å². The quantitative estimate of drug-likeness (QED) is 0.279.